The van der Waals surface area contributed by atoms with Crippen LogP contribution in [0.2, 0.25) is 0 Å². The molecular formula is C25H32N4O4S. The number of carbonyl (C=O) groups is 1. The maximum Gasteiger partial charge on any atom is 0.243 e. The molecule has 0 bridgehead atoms. The van der Waals surface area contributed by atoms with Gasteiger partial charge >= 0.3 is 0 Å². The quantitative estimate of drug-likeness (QED) is 0.489. The van der Waals surface area contributed by atoms with Crippen molar-refractivity contribution >= 4 is 27.0 Å². The van der Waals surface area contributed by atoms with E-state index in [9.17, 15) is 13.2 Å². The summed E-state index contributed by atoms with van der Waals surface area (Å²) in [6.45, 7) is 6.33. The number of aryl methyl sites for hydroxylation is 1. The van der Waals surface area contributed by atoms with Crippen LogP contribution in [-0.2, 0) is 27.9 Å². The Morgan fingerprint density at radius 3 is 2.41 bits per heavy atom. The van der Waals surface area contributed by atoms with Crippen molar-refractivity contribution in [3.8, 4) is 5.75 Å². The van der Waals surface area contributed by atoms with E-state index < -0.39 is 10.0 Å². The zero-order valence-electron chi connectivity index (χ0n) is 20.0. The van der Waals surface area contributed by atoms with Gasteiger partial charge in [-0.2, -0.15) is 4.31 Å². The van der Waals surface area contributed by atoms with Gasteiger partial charge in [-0.15, -0.1) is 0 Å². The number of hydrogen-bond donors (Lipinski definition) is 0. The van der Waals surface area contributed by atoms with Crippen LogP contribution in [0.25, 0.3) is 11.0 Å². The highest BCUT2D eigenvalue weighted by Crippen LogP contribution is 2.27. The molecule has 1 aliphatic heterocycles. The van der Waals surface area contributed by atoms with E-state index in [-0.39, 0.29) is 16.7 Å². The van der Waals surface area contributed by atoms with Crippen molar-refractivity contribution in [3.63, 3.8) is 0 Å². The van der Waals surface area contributed by atoms with Crippen LogP contribution in [0.15, 0.2) is 53.4 Å². The van der Waals surface area contributed by atoms with E-state index in [0.29, 0.717) is 44.8 Å². The molecule has 34 heavy (non-hydrogen) atoms. The van der Waals surface area contributed by atoms with Crippen LogP contribution in [0.4, 0.5) is 0 Å². The molecule has 8 nitrogen and oxygen atoms in total. The number of fused-ring (bicyclic) bond motifs is 1. The van der Waals surface area contributed by atoms with E-state index in [0.717, 1.165) is 23.4 Å². The van der Waals surface area contributed by atoms with Crippen LogP contribution in [0, 0.1) is 5.92 Å². The van der Waals surface area contributed by atoms with Crippen molar-refractivity contribution in [2.24, 2.45) is 5.92 Å². The lowest BCUT2D eigenvalue weighted by atomic mass is 9.96. The number of nitrogens with zero attached hydrogens (tertiary/aromatic N) is 4. The molecule has 9 heteroatoms. The minimum Gasteiger partial charge on any atom is -0.494 e. The number of imidazole rings is 1. The van der Waals surface area contributed by atoms with Gasteiger partial charge in [0.2, 0.25) is 15.9 Å². The van der Waals surface area contributed by atoms with Crippen LogP contribution in [0.1, 0.15) is 32.5 Å². The second-order valence-corrected chi connectivity index (χ2v) is 10.5. The molecule has 0 radical (unpaired) electrons. The summed E-state index contributed by atoms with van der Waals surface area (Å²) in [6, 6.07) is 14.5. The Morgan fingerprint density at radius 1 is 1.09 bits per heavy atom. The molecule has 1 saturated heterocycles. The predicted octanol–water partition coefficient (Wildman–Crippen LogP) is 3.51. The molecule has 1 aromatic heterocycles. The molecule has 1 amide bonds. The zero-order valence-corrected chi connectivity index (χ0v) is 20.8. The lowest BCUT2D eigenvalue weighted by molar-refractivity contribution is -0.136. The molecule has 1 fully saturated rings. The van der Waals surface area contributed by atoms with Gasteiger partial charge in [-0.3, -0.25) is 4.79 Å². The van der Waals surface area contributed by atoms with Gasteiger partial charge in [-0.1, -0.05) is 12.1 Å². The molecular weight excluding hydrogens is 452 g/mol. The largest absolute Gasteiger partial charge is 0.494 e. The Labute approximate surface area is 201 Å². The maximum atomic E-state index is 13.1. The summed E-state index contributed by atoms with van der Waals surface area (Å²) >= 11 is 0. The summed E-state index contributed by atoms with van der Waals surface area (Å²) in [6.07, 6.45) is 1.01. The average molecular weight is 485 g/mol. The van der Waals surface area contributed by atoms with E-state index in [1.165, 1.54) is 4.31 Å². The van der Waals surface area contributed by atoms with Crippen LogP contribution in [-0.4, -0.2) is 59.8 Å². The normalized spacial score (nSPS) is 15.5. The molecule has 3 aromatic rings. The maximum absolute atomic E-state index is 13.1. The van der Waals surface area contributed by atoms with E-state index in [1.807, 2.05) is 31.2 Å². The number of carbonyl (C=O) groups excluding carboxylic acids is 1. The first-order chi connectivity index (χ1) is 16.3. The molecule has 182 valence electrons. The molecule has 0 aliphatic carbocycles. The van der Waals surface area contributed by atoms with Crippen molar-refractivity contribution < 1.29 is 17.9 Å². The average Bonchev–Trinajstić information content (AvgIpc) is 3.21. The molecule has 0 atom stereocenters. The molecule has 4 rings (SSSR count). The Hall–Kier alpha value is -2.91. The Morgan fingerprint density at radius 2 is 1.76 bits per heavy atom. The Kier molecular flexibility index (Phi) is 7.23. The number of benzene rings is 2. The van der Waals surface area contributed by atoms with Crippen molar-refractivity contribution in [2.45, 2.75) is 44.7 Å². The molecule has 0 saturated carbocycles. The van der Waals surface area contributed by atoms with Gasteiger partial charge in [0, 0.05) is 32.6 Å². The summed E-state index contributed by atoms with van der Waals surface area (Å²) < 4.78 is 35.1. The highest BCUT2D eigenvalue weighted by Gasteiger charge is 2.33. The second-order valence-electron chi connectivity index (χ2n) is 8.54. The topological polar surface area (TPSA) is 84.7 Å². The fourth-order valence-corrected chi connectivity index (χ4v) is 6.04. The van der Waals surface area contributed by atoms with Gasteiger partial charge in [-0.25, -0.2) is 13.4 Å². The summed E-state index contributed by atoms with van der Waals surface area (Å²) in [5.41, 5.74) is 1.99. The first-order valence-electron chi connectivity index (χ1n) is 11.8. The molecule has 0 N–H and O–H groups in total. The van der Waals surface area contributed by atoms with E-state index in [4.69, 9.17) is 9.72 Å². The minimum atomic E-state index is -3.60. The first kappa shape index (κ1) is 24.2. The van der Waals surface area contributed by atoms with E-state index in [2.05, 4.69) is 11.5 Å². The van der Waals surface area contributed by atoms with Crippen LogP contribution < -0.4 is 4.74 Å². The Balaban J connectivity index is 1.38. The highest BCUT2D eigenvalue weighted by atomic mass is 32.2. The van der Waals surface area contributed by atoms with E-state index in [1.54, 1.807) is 36.2 Å². The number of aromatic nitrogens is 2. The van der Waals surface area contributed by atoms with E-state index >= 15 is 0 Å². The number of rotatable bonds is 8. The summed E-state index contributed by atoms with van der Waals surface area (Å²) in [5, 5.41) is 0. The summed E-state index contributed by atoms with van der Waals surface area (Å²) in [7, 11) is -1.80. The number of hydrogen-bond acceptors (Lipinski definition) is 5. The lowest BCUT2D eigenvalue weighted by Gasteiger charge is -2.32. The summed E-state index contributed by atoms with van der Waals surface area (Å²) in [5.74, 6) is 1.34. The molecule has 2 aromatic carbocycles. The van der Waals surface area contributed by atoms with Crippen LogP contribution >= 0.6 is 0 Å². The van der Waals surface area contributed by atoms with Gasteiger partial charge < -0.3 is 14.2 Å². The molecule has 0 spiro atoms. The standard InChI is InChI=1S/C25H32N4O4S/c1-4-29-23-9-7-6-8-22(23)26-24(29)18-27(3)25(30)19-14-16-28(17-15-19)34(31,32)21-12-10-20(11-13-21)33-5-2/h6-13,19H,4-5,14-18H2,1-3H3. The van der Waals surface area contributed by atoms with Crippen LogP contribution in [0.3, 0.4) is 0 Å². The van der Waals surface area contributed by atoms with Gasteiger partial charge in [0.05, 0.1) is 29.1 Å². The van der Waals surface area contributed by atoms with Crippen molar-refractivity contribution in [1.29, 1.82) is 0 Å². The van der Waals surface area contributed by atoms with Gasteiger partial charge in [0.15, 0.2) is 0 Å². The molecule has 2 heterocycles. The SMILES string of the molecule is CCOc1ccc(S(=O)(=O)N2CCC(C(=O)N(C)Cc3nc4ccccc4n3CC)CC2)cc1. The van der Waals surface area contributed by atoms with Gasteiger partial charge in [-0.05, 0) is 63.1 Å². The third kappa shape index (κ3) is 4.81. The molecule has 0 unspecified atom stereocenters. The fraction of sp³-hybridized carbons (Fsp3) is 0.440. The lowest BCUT2D eigenvalue weighted by Crippen LogP contribution is -2.43. The van der Waals surface area contributed by atoms with Crippen LogP contribution in [0.5, 0.6) is 5.75 Å². The van der Waals surface area contributed by atoms with Gasteiger partial charge in [0.25, 0.3) is 0 Å². The first-order valence-corrected chi connectivity index (χ1v) is 13.2. The third-order valence-corrected chi connectivity index (χ3v) is 8.29. The predicted molar refractivity (Wildman–Crippen MR) is 131 cm³/mol. The Bertz CT molecular complexity index is 1250. The minimum absolute atomic E-state index is 0.0350. The number of para-hydroxylation sites is 2. The summed E-state index contributed by atoms with van der Waals surface area (Å²) in [4.78, 5) is 19.8. The van der Waals surface area contributed by atoms with Crippen molar-refractivity contribution in [3.05, 3.63) is 54.4 Å². The zero-order chi connectivity index (χ0) is 24.3. The van der Waals surface area contributed by atoms with Crippen molar-refractivity contribution in [2.75, 3.05) is 26.7 Å². The smallest absolute Gasteiger partial charge is 0.243 e. The van der Waals surface area contributed by atoms with Gasteiger partial charge in [0.1, 0.15) is 11.6 Å². The molecule has 1 aliphatic rings. The second kappa shape index (κ2) is 10.1. The number of sulfonamides is 1. The monoisotopic (exact) mass is 484 g/mol. The number of ether oxygens (including phenoxy) is 1. The number of amides is 1. The fourth-order valence-electron chi connectivity index (χ4n) is 4.57. The van der Waals surface area contributed by atoms with Crippen molar-refractivity contribution in [1.82, 2.24) is 18.8 Å². The highest BCUT2D eigenvalue weighted by molar-refractivity contribution is 7.89. The third-order valence-electron chi connectivity index (χ3n) is 6.38. The number of piperidine rings is 1.